The maximum absolute atomic E-state index is 13.0. The Morgan fingerprint density at radius 1 is 1.32 bits per heavy atom. The summed E-state index contributed by atoms with van der Waals surface area (Å²) in [6, 6.07) is 6.66. The van der Waals surface area contributed by atoms with E-state index in [0.717, 1.165) is 36.5 Å². The summed E-state index contributed by atoms with van der Waals surface area (Å²) in [7, 11) is 1.96. The second kappa shape index (κ2) is 6.54. The van der Waals surface area contributed by atoms with Gasteiger partial charge in [0.2, 0.25) is 0 Å². The Morgan fingerprint density at radius 2 is 2.00 bits per heavy atom. The Balaban J connectivity index is 1.71. The van der Waals surface area contributed by atoms with E-state index in [1.54, 1.807) is 17.5 Å². The average Bonchev–Trinajstić information content (AvgIpc) is 3.05. The molecule has 0 saturated carbocycles. The number of halogens is 1. The number of carbonyl (C=O) groups excluding carboxylic acids is 1. The van der Waals surface area contributed by atoms with Gasteiger partial charge in [-0.2, -0.15) is 0 Å². The van der Waals surface area contributed by atoms with Gasteiger partial charge in [0.1, 0.15) is 16.5 Å². The summed E-state index contributed by atoms with van der Waals surface area (Å²) in [4.78, 5) is 18.8. The van der Waals surface area contributed by atoms with E-state index in [4.69, 9.17) is 0 Å². The molecule has 2 aromatic rings. The Morgan fingerprint density at radius 3 is 2.64 bits per heavy atom. The minimum Gasteiger partial charge on any atom is -0.337 e. The lowest BCUT2D eigenvalue weighted by atomic mass is 10.1. The average molecular weight is 319 g/mol. The summed E-state index contributed by atoms with van der Waals surface area (Å²) in [5.41, 5.74) is 1.31. The second-order valence-electron chi connectivity index (χ2n) is 5.40. The minimum absolute atomic E-state index is 0.0147. The number of nitrogens with one attached hydrogen (secondary N) is 1. The van der Waals surface area contributed by atoms with E-state index < -0.39 is 0 Å². The first-order valence-corrected chi connectivity index (χ1v) is 8.23. The highest BCUT2D eigenvalue weighted by atomic mass is 32.1. The Hall–Kier alpha value is -1.79. The Kier molecular flexibility index (Phi) is 4.49. The molecular formula is C16H18FN3OS. The molecule has 116 valence electrons. The van der Waals surface area contributed by atoms with E-state index in [0.29, 0.717) is 11.7 Å². The second-order valence-corrected chi connectivity index (χ2v) is 6.26. The van der Waals surface area contributed by atoms with Crippen molar-refractivity contribution in [3.05, 3.63) is 41.2 Å². The molecule has 0 spiro atoms. The van der Waals surface area contributed by atoms with Crippen LogP contribution in [-0.2, 0) is 0 Å². The minimum atomic E-state index is -0.274. The number of benzene rings is 1. The van der Waals surface area contributed by atoms with Crippen molar-refractivity contribution in [3.63, 3.8) is 0 Å². The normalized spacial score (nSPS) is 16.0. The van der Waals surface area contributed by atoms with Gasteiger partial charge >= 0.3 is 0 Å². The first-order chi connectivity index (χ1) is 10.7. The number of hydrogen-bond acceptors (Lipinski definition) is 4. The predicted octanol–water partition coefficient (Wildman–Crippen LogP) is 2.77. The van der Waals surface area contributed by atoms with E-state index in [9.17, 15) is 9.18 Å². The van der Waals surface area contributed by atoms with Gasteiger partial charge in [-0.05, 0) is 44.2 Å². The summed E-state index contributed by atoms with van der Waals surface area (Å²) >= 11 is 1.41. The molecule has 1 aliphatic rings. The van der Waals surface area contributed by atoms with E-state index in [1.807, 2.05) is 11.9 Å². The molecule has 1 aromatic carbocycles. The lowest BCUT2D eigenvalue weighted by molar-refractivity contribution is 0.0702. The molecule has 1 saturated heterocycles. The molecular weight excluding hydrogens is 301 g/mol. The van der Waals surface area contributed by atoms with E-state index in [1.165, 1.54) is 23.5 Å². The zero-order valence-electron chi connectivity index (χ0n) is 12.4. The zero-order chi connectivity index (χ0) is 15.5. The number of aromatic nitrogens is 1. The fourth-order valence-electron chi connectivity index (χ4n) is 2.63. The van der Waals surface area contributed by atoms with Crippen LogP contribution in [0.1, 0.15) is 23.3 Å². The topological polar surface area (TPSA) is 45.2 Å². The molecule has 3 rings (SSSR count). The van der Waals surface area contributed by atoms with Crippen LogP contribution in [0.25, 0.3) is 10.6 Å². The van der Waals surface area contributed by atoms with Gasteiger partial charge in [0.15, 0.2) is 0 Å². The van der Waals surface area contributed by atoms with Crippen LogP contribution in [0.5, 0.6) is 0 Å². The molecule has 22 heavy (non-hydrogen) atoms. The summed E-state index contributed by atoms with van der Waals surface area (Å²) < 4.78 is 13.0. The van der Waals surface area contributed by atoms with E-state index in [-0.39, 0.29) is 11.7 Å². The van der Waals surface area contributed by atoms with Crippen molar-refractivity contribution in [1.29, 1.82) is 0 Å². The monoisotopic (exact) mass is 319 g/mol. The number of likely N-dealkylation sites (tertiary alicyclic amines) is 1. The molecule has 2 heterocycles. The Bertz CT molecular complexity index is 648. The summed E-state index contributed by atoms with van der Waals surface area (Å²) in [5, 5.41) is 5.78. The lowest BCUT2D eigenvalue weighted by Gasteiger charge is -2.31. The fraction of sp³-hybridized carbons (Fsp3) is 0.375. The first kappa shape index (κ1) is 15.1. The van der Waals surface area contributed by atoms with Crippen LogP contribution in [0.2, 0.25) is 0 Å². The van der Waals surface area contributed by atoms with Crippen molar-refractivity contribution in [2.45, 2.75) is 18.9 Å². The van der Waals surface area contributed by atoms with Gasteiger partial charge in [-0.1, -0.05) is 0 Å². The van der Waals surface area contributed by atoms with Crippen molar-refractivity contribution in [2.24, 2.45) is 0 Å². The van der Waals surface area contributed by atoms with E-state index in [2.05, 4.69) is 10.3 Å². The molecule has 1 aromatic heterocycles. The van der Waals surface area contributed by atoms with Gasteiger partial charge in [-0.3, -0.25) is 4.79 Å². The molecule has 6 heteroatoms. The van der Waals surface area contributed by atoms with Crippen molar-refractivity contribution in [3.8, 4) is 10.6 Å². The lowest BCUT2D eigenvalue weighted by Crippen LogP contribution is -2.44. The molecule has 1 aliphatic heterocycles. The van der Waals surface area contributed by atoms with E-state index >= 15 is 0 Å². The number of carbonyl (C=O) groups is 1. The first-order valence-electron chi connectivity index (χ1n) is 7.35. The number of piperidine rings is 1. The predicted molar refractivity (Wildman–Crippen MR) is 85.5 cm³/mol. The van der Waals surface area contributed by atoms with Crippen molar-refractivity contribution in [1.82, 2.24) is 15.2 Å². The largest absolute Gasteiger partial charge is 0.337 e. The summed E-state index contributed by atoms with van der Waals surface area (Å²) in [5.74, 6) is -0.289. The number of amides is 1. The third-order valence-corrected chi connectivity index (χ3v) is 4.90. The standard InChI is InChI=1S/C16H18FN3OS/c1-18-13-6-8-20(9-7-13)16(21)14-10-22-15(19-14)11-2-4-12(17)5-3-11/h2-5,10,13,18H,6-9H2,1H3. The number of thiazole rings is 1. The zero-order valence-corrected chi connectivity index (χ0v) is 13.2. The van der Waals surface area contributed by atoms with Crippen LogP contribution in [0.15, 0.2) is 29.6 Å². The van der Waals surface area contributed by atoms with Gasteiger partial charge < -0.3 is 10.2 Å². The van der Waals surface area contributed by atoms with Gasteiger partial charge in [0.25, 0.3) is 5.91 Å². The maximum atomic E-state index is 13.0. The van der Waals surface area contributed by atoms with Crippen LogP contribution in [0.4, 0.5) is 4.39 Å². The van der Waals surface area contributed by atoms with Gasteiger partial charge in [0, 0.05) is 30.1 Å². The highest BCUT2D eigenvalue weighted by Gasteiger charge is 2.24. The smallest absolute Gasteiger partial charge is 0.273 e. The molecule has 1 amide bonds. The summed E-state index contributed by atoms with van der Waals surface area (Å²) in [6.07, 6.45) is 1.94. The van der Waals surface area contributed by atoms with Crippen molar-refractivity contribution >= 4 is 17.2 Å². The molecule has 4 nitrogen and oxygen atoms in total. The van der Waals surface area contributed by atoms with Crippen LogP contribution < -0.4 is 5.32 Å². The molecule has 0 bridgehead atoms. The molecule has 0 radical (unpaired) electrons. The van der Waals surface area contributed by atoms with Crippen LogP contribution >= 0.6 is 11.3 Å². The highest BCUT2D eigenvalue weighted by Crippen LogP contribution is 2.25. The van der Waals surface area contributed by atoms with Crippen molar-refractivity contribution in [2.75, 3.05) is 20.1 Å². The Labute approximate surface area is 133 Å². The van der Waals surface area contributed by atoms with Crippen molar-refractivity contribution < 1.29 is 9.18 Å². The number of hydrogen-bond donors (Lipinski definition) is 1. The molecule has 0 unspecified atom stereocenters. The van der Waals surface area contributed by atoms with Crippen LogP contribution in [0.3, 0.4) is 0 Å². The number of nitrogens with zero attached hydrogens (tertiary/aromatic N) is 2. The maximum Gasteiger partial charge on any atom is 0.273 e. The van der Waals surface area contributed by atoms with Crippen LogP contribution in [-0.4, -0.2) is 42.0 Å². The molecule has 0 aliphatic carbocycles. The third kappa shape index (κ3) is 3.18. The highest BCUT2D eigenvalue weighted by molar-refractivity contribution is 7.13. The molecule has 0 atom stereocenters. The van der Waals surface area contributed by atoms with Gasteiger partial charge in [-0.15, -0.1) is 11.3 Å². The fourth-order valence-corrected chi connectivity index (χ4v) is 3.43. The molecule has 1 N–H and O–H groups in total. The third-order valence-electron chi connectivity index (χ3n) is 4.00. The SMILES string of the molecule is CNC1CCN(C(=O)c2csc(-c3ccc(F)cc3)n2)CC1. The van der Waals surface area contributed by atoms with Crippen LogP contribution in [0, 0.1) is 5.82 Å². The van der Waals surface area contributed by atoms with Gasteiger partial charge in [0.05, 0.1) is 0 Å². The number of rotatable bonds is 3. The quantitative estimate of drug-likeness (QED) is 0.946. The molecule has 1 fully saturated rings. The summed E-state index contributed by atoms with van der Waals surface area (Å²) in [6.45, 7) is 1.52. The van der Waals surface area contributed by atoms with Gasteiger partial charge in [-0.25, -0.2) is 9.37 Å².